The predicted octanol–water partition coefficient (Wildman–Crippen LogP) is 1.51. The summed E-state index contributed by atoms with van der Waals surface area (Å²) in [4.78, 5) is 11.6. The summed E-state index contributed by atoms with van der Waals surface area (Å²) in [7, 11) is 0. The molecule has 5 nitrogen and oxygen atoms in total. The lowest BCUT2D eigenvalue weighted by molar-refractivity contribution is 0.0511. The summed E-state index contributed by atoms with van der Waals surface area (Å²) in [6.45, 7) is 8.34. The van der Waals surface area contributed by atoms with E-state index in [0.717, 1.165) is 26.1 Å². The molecule has 5 heteroatoms. The van der Waals surface area contributed by atoms with Gasteiger partial charge in [-0.3, -0.25) is 0 Å². The quantitative estimate of drug-likeness (QED) is 0.805. The Morgan fingerprint density at radius 2 is 1.94 bits per heavy atom. The smallest absolute Gasteiger partial charge is 0.407 e. The summed E-state index contributed by atoms with van der Waals surface area (Å²) < 4.78 is 10.7. The van der Waals surface area contributed by atoms with E-state index in [-0.39, 0.29) is 6.09 Å². The van der Waals surface area contributed by atoms with Crippen molar-refractivity contribution in [2.24, 2.45) is 17.6 Å². The Balaban J connectivity index is 2.37. The average molecular weight is 258 g/mol. The Kier molecular flexibility index (Phi) is 5.88. The van der Waals surface area contributed by atoms with Crippen LogP contribution >= 0.6 is 0 Å². The number of carbonyl (C=O) groups excluding carboxylic acids is 1. The van der Waals surface area contributed by atoms with Gasteiger partial charge in [0.15, 0.2) is 0 Å². The van der Waals surface area contributed by atoms with Crippen LogP contribution in [0.5, 0.6) is 0 Å². The molecule has 3 N–H and O–H groups in total. The molecule has 1 aliphatic heterocycles. The maximum Gasteiger partial charge on any atom is 0.407 e. The molecular weight excluding hydrogens is 232 g/mol. The summed E-state index contributed by atoms with van der Waals surface area (Å²) in [5, 5.41) is 2.83. The zero-order valence-corrected chi connectivity index (χ0v) is 11.7. The molecular formula is C13H26N2O3. The van der Waals surface area contributed by atoms with E-state index in [1.807, 2.05) is 20.8 Å². The molecule has 18 heavy (non-hydrogen) atoms. The molecule has 1 saturated heterocycles. The second kappa shape index (κ2) is 6.95. The van der Waals surface area contributed by atoms with Gasteiger partial charge in [0.05, 0.1) is 0 Å². The highest BCUT2D eigenvalue weighted by atomic mass is 16.6. The Hall–Kier alpha value is -0.810. The molecule has 0 aromatic rings. The summed E-state index contributed by atoms with van der Waals surface area (Å²) in [5.74, 6) is 0.799. The Morgan fingerprint density at radius 1 is 1.33 bits per heavy atom. The maximum atomic E-state index is 11.6. The number of amides is 1. The van der Waals surface area contributed by atoms with Crippen LogP contribution in [-0.2, 0) is 9.47 Å². The van der Waals surface area contributed by atoms with Gasteiger partial charge in [0.1, 0.15) is 5.60 Å². The van der Waals surface area contributed by atoms with Gasteiger partial charge in [0, 0.05) is 19.8 Å². The summed E-state index contributed by atoms with van der Waals surface area (Å²) in [5.41, 5.74) is 5.32. The first-order chi connectivity index (χ1) is 8.42. The lowest BCUT2D eigenvalue weighted by Gasteiger charge is -2.25. The van der Waals surface area contributed by atoms with Crippen LogP contribution in [-0.4, -0.2) is 38.0 Å². The van der Waals surface area contributed by atoms with E-state index in [0.29, 0.717) is 24.9 Å². The minimum absolute atomic E-state index is 0.358. The number of nitrogens with two attached hydrogens (primary N) is 1. The Bertz CT molecular complexity index is 263. The third-order valence-electron chi connectivity index (χ3n) is 3.14. The standard InChI is InChI=1S/C13H26N2O3/c1-13(2,3)18-12(16)15-9-11-5-7-17-6-4-10(11)8-14/h10-11H,4-9,14H2,1-3H3,(H,15,16). The fourth-order valence-corrected chi connectivity index (χ4v) is 2.15. The molecule has 0 radical (unpaired) electrons. The van der Waals surface area contributed by atoms with Crippen LogP contribution in [0.2, 0.25) is 0 Å². The summed E-state index contributed by atoms with van der Waals surface area (Å²) in [6.07, 6.45) is 1.55. The van der Waals surface area contributed by atoms with E-state index in [4.69, 9.17) is 15.2 Å². The molecule has 1 heterocycles. The fourth-order valence-electron chi connectivity index (χ4n) is 2.15. The van der Waals surface area contributed by atoms with Crippen LogP contribution in [0.3, 0.4) is 0 Å². The summed E-state index contributed by atoms with van der Waals surface area (Å²) >= 11 is 0. The minimum atomic E-state index is -0.454. The number of hydrogen-bond acceptors (Lipinski definition) is 4. The van der Waals surface area contributed by atoms with E-state index < -0.39 is 5.60 Å². The first kappa shape index (κ1) is 15.2. The number of carbonyl (C=O) groups is 1. The van der Waals surface area contributed by atoms with Crippen molar-refractivity contribution < 1.29 is 14.3 Å². The molecule has 0 bridgehead atoms. The van der Waals surface area contributed by atoms with Crippen LogP contribution in [0.25, 0.3) is 0 Å². The van der Waals surface area contributed by atoms with Gasteiger partial charge in [-0.05, 0) is 52.0 Å². The van der Waals surface area contributed by atoms with E-state index in [2.05, 4.69) is 5.32 Å². The molecule has 2 unspecified atom stereocenters. The van der Waals surface area contributed by atoms with Gasteiger partial charge in [0.2, 0.25) is 0 Å². The van der Waals surface area contributed by atoms with Crippen LogP contribution < -0.4 is 11.1 Å². The highest BCUT2D eigenvalue weighted by Gasteiger charge is 2.24. The molecule has 1 amide bonds. The molecule has 1 aliphatic rings. The normalized spacial score (nSPS) is 25.3. The molecule has 1 rings (SSSR count). The van der Waals surface area contributed by atoms with Gasteiger partial charge < -0.3 is 20.5 Å². The lowest BCUT2D eigenvalue weighted by Crippen LogP contribution is -2.38. The second-order valence-corrected chi connectivity index (χ2v) is 5.83. The molecule has 0 spiro atoms. The highest BCUT2D eigenvalue weighted by molar-refractivity contribution is 5.67. The van der Waals surface area contributed by atoms with Crippen LogP contribution in [0, 0.1) is 11.8 Å². The largest absolute Gasteiger partial charge is 0.444 e. The number of hydrogen-bond donors (Lipinski definition) is 2. The van der Waals surface area contributed by atoms with Crippen molar-refractivity contribution in [1.82, 2.24) is 5.32 Å². The van der Waals surface area contributed by atoms with E-state index >= 15 is 0 Å². The van der Waals surface area contributed by atoms with Crippen molar-refractivity contribution in [3.63, 3.8) is 0 Å². The van der Waals surface area contributed by atoms with Crippen LogP contribution in [0.4, 0.5) is 4.79 Å². The first-order valence-corrected chi connectivity index (χ1v) is 6.67. The lowest BCUT2D eigenvalue weighted by atomic mass is 9.88. The van der Waals surface area contributed by atoms with E-state index in [1.54, 1.807) is 0 Å². The van der Waals surface area contributed by atoms with Gasteiger partial charge in [-0.2, -0.15) is 0 Å². The van der Waals surface area contributed by atoms with E-state index in [1.165, 1.54) is 0 Å². The van der Waals surface area contributed by atoms with E-state index in [9.17, 15) is 4.79 Å². The number of nitrogens with one attached hydrogen (secondary N) is 1. The monoisotopic (exact) mass is 258 g/mol. The third-order valence-corrected chi connectivity index (χ3v) is 3.14. The van der Waals surface area contributed by atoms with Gasteiger partial charge in [-0.15, -0.1) is 0 Å². The molecule has 2 atom stereocenters. The molecule has 0 aliphatic carbocycles. The second-order valence-electron chi connectivity index (χ2n) is 5.83. The van der Waals surface area contributed by atoms with Gasteiger partial charge in [-0.25, -0.2) is 4.79 Å². The third kappa shape index (κ3) is 5.69. The molecule has 106 valence electrons. The van der Waals surface area contributed by atoms with Crippen molar-refractivity contribution in [1.29, 1.82) is 0 Å². The molecule has 0 saturated carbocycles. The van der Waals surface area contributed by atoms with Gasteiger partial charge >= 0.3 is 6.09 Å². The molecule has 1 fully saturated rings. The SMILES string of the molecule is CC(C)(C)OC(=O)NCC1CCOCCC1CN. The van der Waals surface area contributed by atoms with Gasteiger partial charge in [0.25, 0.3) is 0 Å². The number of rotatable bonds is 3. The maximum absolute atomic E-state index is 11.6. The van der Waals surface area contributed by atoms with Crippen LogP contribution in [0.1, 0.15) is 33.6 Å². The number of ether oxygens (including phenoxy) is 2. The van der Waals surface area contributed by atoms with Gasteiger partial charge in [-0.1, -0.05) is 0 Å². The van der Waals surface area contributed by atoms with Crippen LogP contribution in [0.15, 0.2) is 0 Å². The Labute approximate surface area is 109 Å². The zero-order chi connectivity index (χ0) is 13.6. The zero-order valence-electron chi connectivity index (χ0n) is 11.7. The first-order valence-electron chi connectivity index (χ1n) is 6.67. The summed E-state index contributed by atoms with van der Waals surface area (Å²) in [6, 6.07) is 0. The van der Waals surface area contributed by atoms with Crippen molar-refractivity contribution in [3.8, 4) is 0 Å². The predicted molar refractivity (Wildman–Crippen MR) is 70.3 cm³/mol. The fraction of sp³-hybridized carbons (Fsp3) is 0.923. The Morgan fingerprint density at radius 3 is 2.50 bits per heavy atom. The molecule has 0 aromatic carbocycles. The highest BCUT2D eigenvalue weighted by Crippen LogP contribution is 2.21. The molecule has 0 aromatic heterocycles. The van der Waals surface area contributed by atoms with Crippen molar-refractivity contribution in [2.45, 2.75) is 39.2 Å². The van der Waals surface area contributed by atoms with Crippen molar-refractivity contribution in [2.75, 3.05) is 26.3 Å². The number of alkyl carbamates (subject to hydrolysis) is 1. The minimum Gasteiger partial charge on any atom is -0.444 e. The van der Waals surface area contributed by atoms with Crippen molar-refractivity contribution in [3.05, 3.63) is 0 Å². The topological polar surface area (TPSA) is 73.6 Å². The average Bonchev–Trinajstić information content (AvgIpc) is 2.48. The van der Waals surface area contributed by atoms with Crippen molar-refractivity contribution >= 4 is 6.09 Å².